The average Bonchev–Trinajstić information content (AvgIpc) is 2.95. The van der Waals surface area contributed by atoms with E-state index in [9.17, 15) is 38.4 Å². The second-order valence-corrected chi connectivity index (χ2v) is 9.87. The molecule has 0 atom stereocenters. The van der Waals surface area contributed by atoms with Crippen molar-refractivity contribution in [3.63, 3.8) is 0 Å². The van der Waals surface area contributed by atoms with Gasteiger partial charge in [0, 0.05) is 38.5 Å². The van der Waals surface area contributed by atoms with Gasteiger partial charge in [0.25, 0.3) is 0 Å². The van der Waals surface area contributed by atoms with Crippen LogP contribution in [-0.4, -0.2) is 127 Å². The Labute approximate surface area is 253 Å². The highest BCUT2D eigenvalue weighted by atomic mass is 16.5. The van der Waals surface area contributed by atoms with Gasteiger partial charge in [-0.2, -0.15) is 0 Å². The first-order valence-corrected chi connectivity index (χ1v) is 13.7. The maximum atomic E-state index is 12.0. The average molecular weight is 636 g/mol. The molecule has 17 heteroatoms. The van der Waals surface area contributed by atoms with Gasteiger partial charge in [0.05, 0.1) is 70.9 Å². The first kappa shape index (κ1) is 40.2. The minimum absolute atomic E-state index is 0.0958. The van der Waals surface area contributed by atoms with Crippen molar-refractivity contribution in [3.8, 4) is 0 Å². The molecule has 0 aliphatic carbocycles. The molecule has 0 radical (unpaired) electrons. The van der Waals surface area contributed by atoms with Crippen LogP contribution in [-0.2, 0) is 57.3 Å². The summed E-state index contributed by atoms with van der Waals surface area (Å²) in [7, 11) is 0. The monoisotopic (exact) mass is 635 g/mol. The fourth-order valence-corrected chi connectivity index (χ4v) is 3.36. The van der Waals surface area contributed by atoms with Gasteiger partial charge in [-0.05, 0) is 0 Å². The Morgan fingerprint density at radius 2 is 0.841 bits per heavy atom. The summed E-state index contributed by atoms with van der Waals surface area (Å²) in [6.45, 7) is -2.20. The number of carbonyl (C=O) groups is 8. The van der Waals surface area contributed by atoms with E-state index in [0.717, 1.165) is 0 Å². The van der Waals surface area contributed by atoms with Crippen molar-refractivity contribution in [2.24, 2.45) is 5.41 Å². The number of carboxylic acid groups (broad SMARTS) is 4. The Kier molecular flexibility index (Phi) is 21.6. The number of hydrogen-bond donors (Lipinski definition) is 5. The maximum Gasteiger partial charge on any atom is 0.322 e. The quantitative estimate of drug-likeness (QED) is 0.0635. The summed E-state index contributed by atoms with van der Waals surface area (Å²) in [6.07, 6.45) is -2.08. The van der Waals surface area contributed by atoms with E-state index >= 15 is 0 Å². The standard InChI is InChI=1S/C27H41NO16/c29-19(1-4-23(33)34)7-10-41-15-27(18-44-14-21(31)3-6-25(37)38,16-42-11-8-20(30)2-5-24(35)36)17-43-12-9-22(32)28-13-26(39)40/h1-18H2,(H,28,32)(H,33,34)(H,35,36)(H,37,38)(H,39,40). The molecule has 0 aromatic rings. The Morgan fingerprint density at radius 1 is 0.455 bits per heavy atom. The molecule has 0 spiro atoms. The van der Waals surface area contributed by atoms with Crippen molar-refractivity contribution in [1.82, 2.24) is 5.32 Å². The third-order valence-corrected chi connectivity index (χ3v) is 5.71. The third-order valence-electron chi connectivity index (χ3n) is 5.71. The minimum atomic E-state index is -1.23. The van der Waals surface area contributed by atoms with Crippen molar-refractivity contribution < 1.29 is 77.7 Å². The van der Waals surface area contributed by atoms with Gasteiger partial charge >= 0.3 is 23.9 Å². The van der Waals surface area contributed by atoms with Gasteiger partial charge < -0.3 is 44.7 Å². The van der Waals surface area contributed by atoms with Crippen molar-refractivity contribution in [1.29, 1.82) is 0 Å². The third kappa shape index (κ3) is 23.7. The Hall–Kier alpha value is -3.80. The zero-order chi connectivity index (χ0) is 33.4. The molecule has 1 amide bonds. The number of nitrogens with one attached hydrogen (secondary N) is 1. The first-order chi connectivity index (χ1) is 20.7. The summed E-state index contributed by atoms with van der Waals surface area (Å²) in [5.41, 5.74) is -1.18. The zero-order valence-electron chi connectivity index (χ0n) is 24.4. The van der Waals surface area contributed by atoms with E-state index in [1.807, 2.05) is 0 Å². The normalized spacial score (nSPS) is 11.1. The highest BCUT2D eigenvalue weighted by molar-refractivity contribution is 5.84. The Morgan fingerprint density at radius 3 is 1.25 bits per heavy atom. The fraction of sp³-hybridized carbons (Fsp3) is 0.704. The van der Waals surface area contributed by atoms with Crippen molar-refractivity contribution in [2.45, 2.75) is 57.8 Å². The molecular weight excluding hydrogens is 594 g/mol. The van der Waals surface area contributed by atoms with E-state index < -0.39 is 60.6 Å². The fourth-order valence-electron chi connectivity index (χ4n) is 3.36. The number of carbonyl (C=O) groups excluding carboxylic acids is 4. The summed E-state index contributed by atoms with van der Waals surface area (Å²) < 4.78 is 22.5. The highest BCUT2D eigenvalue weighted by Crippen LogP contribution is 2.22. The maximum absolute atomic E-state index is 12.0. The van der Waals surface area contributed by atoms with Crippen molar-refractivity contribution in [3.05, 3.63) is 0 Å². The SMILES string of the molecule is O=C(O)CCC(=O)CCOCC(COCCC(=O)CCC(=O)O)(COCCC(=O)NCC(=O)O)COCC(=O)CCC(=O)O. The van der Waals surface area contributed by atoms with Gasteiger partial charge in [0.2, 0.25) is 5.91 Å². The highest BCUT2D eigenvalue weighted by Gasteiger charge is 2.33. The molecule has 0 aromatic heterocycles. The van der Waals surface area contributed by atoms with E-state index in [2.05, 4.69) is 5.32 Å². The number of Topliss-reactive ketones (excluding diaryl/α,β-unsaturated/α-hetero) is 3. The van der Waals surface area contributed by atoms with Crippen LogP contribution in [0.25, 0.3) is 0 Å². The van der Waals surface area contributed by atoms with Crippen LogP contribution in [0, 0.1) is 5.41 Å². The summed E-state index contributed by atoms with van der Waals surface area (Å²) >= 11 is 0. The lowest BCUT2D eigenvalue weighted by atomic mass is 9.92. The molecule has 0 saturated carbocycles. The second kappa shape index (κ2) is 23.6. The molecule has 0 aliphatic rings. The van der Waals surface area contributed by atoms with Gasteiger partial charge in [-0.3, -0.25) is 38.4 Å². The largest absolute Gasteiger partial charge is 0.481 e. The molecular formula is C27H41NO16. The number of ether oxygens (including phenoxy) is 4. The van der Waals surface area contributed by atoms with Gasteiger partial charge in [-0.1, -0.05) is 0 Å². The summed E-state index contributed by atoms with van der Waals surface area (Å²) in [4.78, 5) is 90.4. The molecule has 0 rings (SSSR count). The number of rotatable bonds is 30. The lowest BCUT2D eigenvalue weighted by Crippen LogP contribution is -2.43. The van der Waals surface area contributed by atoms with E-state index in [-0.39, 0.29) is 109 Å². The molecule has 0 saturated heterocycles. The van der Waals surface area contributed by atoms with Crippen LogP contribution in [0.2, 0.25) is 0 Å². The van der Waals surface area contributed by atoms with Crippen molar-refractivity contribution >= 4 is 47.1 Å². The molecule has 0 aliphatic heterocycles. The number of aliphatic carboxylic acids is 4. The predicted molar refractivity (Wildman–Crippen MR) is 146 cm³/mol. The molecule has 5 N–H and O–H groups in total. The second-order valence-electron chi connectivity index (χ2n) is 9.87. The summed E-state index contributed by atoms with van der Waals surface area (Å²) in [5, 5.41) is 37.1. The smallest absolute Gasteiger partial charge is 0.322 e. The van der Waals surface area contributed by atoms with Crippen LogP contribution in [0.3, 0.4) is 0 Å². The summed E-state index contributed by atoms with van der Waals surface area (Å²) in [6, 6.07) is 0. The number of hydrogen-bond acceptors (Lipinski definition) is 12. The number of amides is 1. The molecule has 0 aromatic carbocycles. The van der Waals surface area contributed by atoms with Gasteiger partial charge in [-0.15, -0.1) is 0 Å². The predicted octanol–water partition coefficient (Wildman–Crippen LogP) is -0.288. The van der Waals surface area contributed by atoms with Gasteiger partial charge in [0.1, 0.15) is 24.7 Å². The van der Waals surface area contributed by atoms with Crippen LogP contribution in [0.5, 0.6) is 0 Å². The molecule has 44 heavy (non-hydrogen) atoms. The van der Waals surface area contributed by atoms with E-state index in [4.69, 9.17) is 39.4 Å². The lowest BCUT2D eigenvalue weighted by Gasteiger charge is -2.33. The number of ketones is 3. The van der Waals surface area contributed by atoms with Gasteiger partial charge in [-0.25, -0.2) is 0 Å². The van der Waals surface area contributed by atoms with E-state index in [0.29, 0.717) is 0 Å². The molecule has 17 nitrogen and oxygen atoms in total. The molecule has 250 valence electrons. The Balaban J connectivity index is 5.42. The number of carboxylic acids is 4. The van der Waals surface area contributed by atoms with Crippen LogP contribution in [0.1, 0.15) is 57.8 Å². The lowest BCUT2D eigenvalue weighted by molar-refractivity contribution is -0.141. The summed E-state index contributed by atoms with van der Waals surface area (Å²) in [5.74, 6) is -6.42. The Bertz CT molecular complexity index is 886. The molecule has 0 fully saturated rings. The molecule has 0 heterocycles. The van der Waals surface area contributed by atoms with Gasteiger partial charge in [0.15, 0.2) is 5.78 Å². The van der Waals surface area contributed by atoms with E-state index in [1.165, 1.54) is 0 Å². The van der Waals surface area contributed by atoms with Crippen LogP contribution < -0.4 is 5.32 Å². The van der Waals surface area contributed by atoms with Crippen LogP contribution in [0.4, 0.5) is 0 Å². The molecule has 0 bridgehead atoms. The first-order valence-electron chi connectivity index (χ1n) is 13.7. The minimum Gasteiger partial charge on any atom is -0.481 e. The van der Waals surface area contributed by atoms with E-state index in [1.54, 1.807) is 0 Å². The molecule has 0 unspecified atom stereocenters. The topological polar surface area (TPSA) is 266 Å². The zero-order valence-corrected chi connectivity index (χ0v) is 24.4. The van der Waals surface area contributed by atoms with Crippen molar-refractivity contribution in [2.75, 3.05) is 59.4 Å². The van der Waals surface area contributed by atoms with Crippen LogP contribution in [0.15, 0.2) is 0 Å². The van der Waals surface area contributed by atoms with Crippen LogP contribution >= 0.6 is 0 Å².